The smallest absolute Gasteiger partial charge is 0.262 e. The molecule has 0 saturated carbocycles. The summed E-state index contributed by atoms with van der Waals surface area (Å²) in [4.78, 5) is 17.1. The molecule has 1 amide bonds. The minimum absolute atomic E-state index is 0.127. The molecule has 0 spiro atoms. The van der Waals surface area contributed by atoms with E-state index in [0.717, 1.165) is 20.8 Å². The molecule has 1 N–H and O–H groups in total. The van der Waals surface area contributed by atoms with E-state index < -0.39 is 0 Å². The summed E-state index contributed by atoms with van der Waals surface area (Å²) in [5.74, 6) is 0.332. The molecule has 0 fully saturated rings. The second-order valence-electron chi connectivity index (χ2n) is 6.88. The van der Waals surface area contributed by atoms with Crippen LogP contribution in [0.1, 0.15) is 11.1 Å². The molecular formula is C23H18Cl2N2O2S. The molecule has 7 heteroatoms. The Balaban J connectivity index is 1.53. The first kappa shape index (κ1) is 20.7. The number of anilines is 1. The van der Waals surface area contributed by atoms with Crippen LogP contribution in [0.4, 0.5) is 5.69 Å². The summed E-state index contributed by atoms with van der Waals surface area (Å²) in [6.07, 6.45) is 0. The van der Waals surface area contributed by atoms with Gasteiger partial charge in [-0.05, 0) is 61.4 Å². The van der Waals surface area contributed by atoms with E-state index in [9.17, 15) is 4.79 Å². The Hall–Kier alpha value is -2.60. The maximum atomic E-state index is 12.4. The lowest BCUT2D eigenvalue weighted by molar-refractivity contribution is -0.118. The number of nitrogens with zero attached hydrogens (tertiary/aromatic N) is 1. The number of amides is 1. The Labute approximate surface area is 188 Å². The summed E-state index contributed by atoms with van der Waals surface area (Å²) in [6.45, 7) is 3.90. The molecule has 0 aliphatic heterocycles. The van der Waals surface area contributed by atoms with Gasteiger partial charge in [-0.25, -0.2) is 4.98 Å². The summed E-state index contributed by atoms with van der Waals surface area (Å²) < 4.78 is 6.66. The molecule has 4 nitrogen and oxygen atoms in total. The zero-order chi connectivity index (χ0) is 21.3. The highest BCUT2D eigenvalue weighted by Gasteiger charge is 2.15. The Morgan fingerprint density at radius 3 is 2.60 bits per heavy atom. The second kappa shape index (κ2) is 8.64. The van der Waals surface area contributed by atoms with E-state index >= 15 is 0 Å². The van der Waals surface area contributed by atoms with Crippen LogP contribution in [-0.4, -0.2) is 17.5 Å². The third kappa shape index (κ3) is 4.43. The average molecular weight is 457 g/mol. The molecule has 1 heterocycles. The first-order valence-electron chi connectivity index (χ1n) is 9.25. The number of hydrogen-bond acceptors (Lipinski definition) is 4. The number of benzene rings is 3. The highest BCUT2D eigenvalue weighted by atomic mass is 35.5. The van der Waals surface area contributed by atoms with E-state index in [1.165, 1.54) is 16.9 Å². The summed E-state index contributed by atoms with van der Waals surface area (Å²) in [7, 11) is 0. The fraction of sp³-hybridized carbons (Fsp3) is 0.130. The molecule has 0 unspecified atom stereocenters. The van der Waals surface area contributed by atoms with E-state index in [1.54, 1.807) is 12.1 Å². The Morgan fingerprint density at radius 2 is 1.83 bits per heavy atom. The van der Waals surface area contributed by atoms with Crippen molar-refractivity contribution in [3.05, 3.63) is 75.8 Å². The molecular weight excluding hydrogens is 439 g/mol. The molecule has 0 atom stereocenters. The lowest BCUT2D eigenvalue weighted by Crippen LogP contribution is -2.20. The maximum Gasteiger partial charge on any atom is 0.262 e. The fourth-order valence-corrected chi connectivity index (χ4v) is 4.51. The van der Waals surface area contributed by atoms with Crippen molar-refractivity contribution in [2.24, 2.45) is 0 Å². The second-order valence-corrected chi connectivity index (χ2v) is 8.73. The van der Waals surface area contributed by atoms with Crippen LogP contribution in [0.3, 0.4) is 0 Å². The van der Waals surface area contributed by atoms with E-state index in [4.69, 9.17) is 27.9 Å². The molecule has 152 valence electrons. The number of aryl methyl sites for hydroxylation is 2. The Bertz CT molecular complexity index is 1220. The van der Waals surface area contributed by atoms with Crippen LogP contribution in [0.2, 0.25) is 10.0 Å². The van der Waals surface area contributed by atoms with Gasteiger partial charge in [0.2, 0.25) is 0 Å². The first-order valence-corrected chi connectivity index (χ1v) is 10.8. The highest BCUT2D eigenvalue weighted by Crippen LogP contribution is 2.38. The topological polar surface area (TPSA) is 51.2 Å². The minimum Gasteiger partial charge on any atom is -0.484 e. The lowest BCUT2D eigenvalue weighted by Gasteiger charge is -2.12. The van der Waals surface area contributed by atoms with E-state index in [0.29, 0.717) is 27.0 Å². The van der Waals surface area contributed by atoms with Gasteiger partial charge in [0.1, 0.15) is 10.8 Å². The van der Waals surface area contributed by atoms with Crippen LogP contribution in [0.5, 0.6) is 5.75 Å². The number of fused-ring (bicyclic) bond motifs is 1. The molecule has 0 aliphatic rings. The first-order chi connectivity index (χ1) is 14.4. The third-order valence-corrected chi connectivity index (χ3v) is 6.40. The van der Waals surface area contributed by atoms with Crippen molar-refractivity contribution in [1.29, 1.82) is 0 Å². The zero-order valence-electron chi connectivity index (χ0n) is 16.3. The standard InChI is InChI=1S/C23H18Cl2N2O2S/c1-13-7-8-15(9-14(13)2)29-12-22(28)26-20-10-16(17(24)11-18(20)25)23-27-19-5-3-4-6-21(19)30-23/h3-11H,12H2,1-2H3,(H,26,28). The normalized spacial score (nSPS) is 10.9. The van der Waals surface area contributed by atoms with E-state index in [2.05, 4.69) is 10.3 Å². The molecule has 0 saturated heterocycles. The van der Waals surface area contributed by atoms with Crippen molar-refractivity contribution in [1.82, 2.24) is 4.98 Å². The number of rotatable bonds is 5. The monoisotopic (exact) mass is 456 g/mol. The van der Waals surface area contributed by atoms with Crippen molar-refractivity contribution in [3.8, 4) is 16.3 Å². The van der Waals surface area contributed by atoms with Gasteiger partial charge in [0.25, 0.3) is 5.91 Å². The van der Waals surface area contributed by atoms with Gasteiger partial charge in [-0.1, -0.05) is 41.4 Å². The van der Waals surface area contributed by atoms with Crippen molar-refractivity contribution in [2.75, 3.05) is 11.9 Å². The number of carbonyl (C=O) groups is 1. The highest BCUT2D eigenvalue weighted by molar-refractivity contribution is 7.21. The SMILES string of the molecule is Cc1ccc(OCC(=O)Nc2cc(-c3nc4ccccc4s3)c(Cl)cc2Cl)cc1C. The number of ether oxygens (including phenoxy) is 1. The average Bonchev–Trinajstić information content (AvgIpc) is 3.15. The van der Waals surface area contributed by atoms with Crippen LogP contribution in [-0.2, 0) is 4.79 Å². The Kier molecular flexibility index (Phi) is 5.95. The summed E-state index contributed by atoms with van der Waals surface area (Å²) in [6, 6.07) is 16.9. The van der Waals surface area contributed by atoms with Gasteiger partial charge in [-0.2, -0.15) is 0 Å². The number of thiazole rings is 1. The molecule has 0 aliphatic carbocycles. The minimum atomic E-state index is -0.312. The summed E-state index contributed by atoms with van der Waals surface area (Å²) in [5.41, 5.74) is 4.35. The molecule has 3 aromatic carbocycles. The van der Waals surface area contributed by atoms with Gasteiger partial charge < -0.3 is 10.1 Å². The van der Waals surface area contributed by atoms with E-state index in [-0.39, 0.29) is 12.5 Å². The number of halogens is 2. The number of aromatic nitrogens is 1. The van der Waals surface area contributed by atoms with Gasteiger partial charge in [-0.15, -0.1) is 11.3 Å². The largest absolute Gasteiger partial charge is 0.484 e. The van der Waals surface area contributed by atoms with Gasteiger partial charge in [0, 0.05) is 5.56 Å². The zero-order valence-corrected chi connectivity index (χ0v) is 18.7. The van der Waals surface area contributed by atoms with Crippen molar-refractivity contribution in [2.45, 2.75) is 13.8 Å². The molecule has 0 radical (unpaired) electrons. The molecule has 4 aromatic rings. The maximum absolute atomic E-state index is 12.4. The van der Waals surface area contributed by atoms with Crippen molar-refractivity contribution >= 4 is 56.3 Å². The molecule has 4 rings (SSSR count). The van der Waals surface area contributed by atoms with Gasteiger partial charge in [0.05, 0.1) is 25.9 Å². The summed E-state index contributed by atoms with van der Waals surface area (Å²) >= 11 is 14.3. The number of nitrogens with one attached hydrogen (secondary N) is 1. The number of carbonyl (C=O) groups excluding carboxylic acids is 1. The molecule has 0 bridgehead atoms. The predicted molar refractivity (Wildman–Crippen MR) is 125 cm³/mol. The van der Waals surface area contributed by atoms with Crippen LogP contribution in [0.25, 0.3) is 20.8 Å². The van der Waals surface area contributed by atoms with Crippen LogP contribution >= 0.6 is 34.5 Å². The number of hydrogen-bond donors (Lipinski definition) is 1. The van der Waals surface area contributed by atoms with Crippen LogP contribution < -0.4 is 10.1 Å². The van der Waals surface area contributed by atoms with Gasteiger partial charge >= 0.3 is 0 Å². The Morgan fingerprint density at radius 1 is 1.03 bits per heavy atom. The van der Waals surface area contributed by atoms with Crippen LogP contribution in [0.15, 0.2) is 54.6 Å². The molecule has 30 heavy (non-hydrogen) atoms. The molecule has 1 aromatic heterocycles. The van der Waals surface area contributed by atoms with Gasteiger partial charge in [-0.3, -0.25) is 4.79 Å². The number of para-hydroxylation sites is 1. The van der Waals surface area contributed by atoms with Crippen molar-refractivity contribution in [3.63, 3.8) is 0 Å². The fourth-order valence-electron chi connectivity index (χ4n) is 2.93. The van der Waals surface area contributed by atoms with E-state index in [1.807, 2.05) is 56.3 Å². The van der Waals surface area contributed by atoms with Crippen LogP contribution in [0, 0.1) is 13.8 Å². The predicted octanol–water partition coefficient (Wildman–Crippen LogP) is 6.90. The summed E-state index contributed by atoms with van der Waals surface area (Å²) in [5, 5.41) is 4.39. The van der Waals surface area contributed by atoms with Gasteiger partial charge in [0.15, 0.2) is 6.61 Å². The third-order valence-electron chi connectivity index (χ3n) is 4.70. The van der Waals surface area contributed by atoms with Crippen molar-refractivity contribution < 1.29 is 9.53 Å². The quantitative estimate of drug-likeness (QED) is 0.355. The lowest BCUT2D eigenvalue weighted by atomic mass is 10.1.